The molecule has 0 saturated heterocycles. The minimum absolute atomic E-state index is 0.267. The lowest BCUT2D eigenvalue weighted by atomic mass is 10.1. The fourth-order valence-electron chi connectivity index (χ4n) is 2.50. The Morgan fingerprint density at radius 1 is 1.00 bits per heavy atom. The molecule has 0 atom stereocenters. The number of para-hydroxylation sites is 1. The Bertz CT molecular complexity index is 802. The van der Waals surface area contributed by atoms with Crippen LogP contribution in [0.3, 0.4) is 0 Å². The molecule has 0 aromatic heterocycles. The fraction of sp³-hybridized carbons (Fsp3) is 0.333. The number of ether oxygens (including phenoxy) is 2. The quantitative estimate of drug-likeness (QED) is 0.771. The van der Waals surface area contributed by atoms with E-state index in [9.17, 15) is 8.42 Å². The molecule has 130 valence electrons. The van der Waals surface area contributed by atoms with Crippen molar-refractivity contribution in [1.29, 1.82) is 0 Å². The number of hydrogen-bond acceptors (Lipinski definition) is 4. The summed E-state index contributed by atoms with van der Waals surface area (Å²) in [5.41, 5.74) is 1.77. The lowest BCUT2D eigenvalue weighted by Crippen LogP contribution is -2.29. The molecule has 24 heavy (non-hydrogen) atoms. The number of hydrogen-bond donors (Lipinski definition) is 0. The van der Waals surface area contributed by atoms with Gasteiger partial charge in [0.25, 0.3) is 0 Å². The van der Waals surface area contributed by atoms with Gasteiger partial charge >= 0.3 is 0 Å². The molecule has 0 unspecified atom stereocenters. The Labute approximate surface area is 143 Å². The molecule has 0 saturated carbocycles. The number of nitrogens with zero attached hydrogens (tertiary/aromatic N) is 1. The molecule has 0 amide bonds. The lowest BCUT2D eigenvalue weighted by molar-refractivity contribution is 0.405. The van der Waals surface area contributed by atoms with Crippen molar-refractivity contribution in [3.05, 3.63) is 53.6 Å². The average molecular weight is 349 g/mol. The van der Waals surface area contributed by atoms with Crippen molar-refractivity contribution in [1.82, 2.24) is 4.31 Å². The third-order valence-electron chi connectivity index (χ3n) is 3.96. The Kier molecular flexibility index (Phi) is 5.85. The van der Waals surface area contributed by atoms with Crippen LogP contribution in [0.5, 0.6) is 11.5 Å². The zero-order chi connectivity index (χ0) is 17.7. The molecule has 5 nitrogen and oxygen atoms in total. The van der Waals surface area contributed by atoms with Crippen molar-refractivity contribution in [3.8, 4) is 11.5 Å². The van der Waals surface area contributed by atoms with Gasteiger partial charge in [-0.05, 0) is 48.7 Å². The van der Waals surface area contributed by atoms with Crippen molar-refractivity contribution in [2.24, 2.45) is 0 Å². The van der Waals surface area contributed by atoms with E-state index in [1.165, 1.54) is 4.31 Å². The predicted octanol–water partition coefficient (Wildman–Crippen LogP) is 2.88. The molecule has 0 fully saturated rings. The Hall–Kier alpha value is -2.05. The minimum Gasteiger partial charge on any atom is -0.496 e. The average Bonchev–Trinajstić information content (AvgIpc) is 2.59. The van der Waals surface area contributed by atoms with Gasteiger partial charge in [0.2, 0.25) is 10.0 Å². The molecular weight excluding hydrogens is 326 g/mol. The summed E-state index contributed by atoms with van der Waals surface area (Å²) < 4.78 is 37.3. The zero-order valence-electron chi connectivity index (χ0n) is 14.4. The predicted molar refractivity (Wildman–Crippen MR) is 94.2 cm³/mol. The van der Waals surface area contributed by atoms with E-state index in [0.29, 0.717) is 18.7 Å². The summed E-state index contributed by atoms with van der Waals surface area (Å²) in [6.07, 6.45) is 0.578. The third-order valence-corrected chi connectivity index (χ3v) is 5.82. The van der Waals surface area contributed by atoms with Crippen molar-refractivity contribution in [3.63, 3.8) is 0 Å². The molecule has 2 aromatic carbocycles. The molecule has 0 bridgehead atoms. The van der Waals surface area contributed by atoms with Crippen LogP contribution in [0.25, 0.3) is 0 Å². The molecule has 0 aliphatic heterocycles. The van der Waals surface area contributed by atoms with E-state index in [4.69, 9.17) is 9.47 Å². The van der Waals surface area contributed by atoms with Crippen LogP contribution in [-0.2, 0) is 16.4 Å². The maximum Gasteiger partial charge on any atom is 0.242 e. The van der Waals surface area contributed by atoms with Gasteiger partial charge in [0.15, 0.2) is 0 Å². The number of methoxy groups -OCH3 is 2. The first-order valence-corrected chi connectivity index (χ1v) is 9.07. The van der Waals surface area contributed by atoms with Crippen molar-refractivity contribution >= 4 is 10.0 Å². The minimum atomic E-state index is -3.54. The highest BCUT2D eigenvalue weighted by Crippen LogP contribution is 2.24. The second-order valence-electron chi connectivity index (χ2n) is 5.52. The number of likely N-dealkylation sites (N-methyl/N-ethyl adjacent to an activating group) is 1. The second-order valence-corrected chi connectivity index (χ2v) is 7.56. The SMILES string of the molecule is COc1ccc(S(=O)(=O)N(C)CCc2ccccc2OC)cc1C. The summed E-state index contributed by atoms with van der Waals surface area (Å²) in [4.78, 5) is 0.267. The number of benzene rings is 2. The van der Waals surface area contributed by atoms with E-state index >= 15 is 0 Å². The van der Waals surface area contributed by atoms with E-state index in [0.717, 1.165) is 16.9 Å². The van der Waals surface area contributed by atoms with Gasteiger partial charge in [-0.25, -0.2) is 12.7 Å². The van der Waals surface area contributed by atoms with Crippen molar-refractivity contribution in [2.75, 3.05) is 27.8 Å². The second kappa shape index (κ2) is 7.68. The van der Waals surface area contributed by atoms with Gasteiger partial charge in [0.1, 0.15) is 11.5 Å². The summed E-state index contributed by atoms with van der Waals surface area (Å²) in [7, 11) is 1.22. The van der Waals surface area contributed by atoms with Gasteiger partial charge in [0.05, 0.1) is 19.1 Å². The lowest BCUT2D eigenvalue weighted by Gasteiger charge is -2.18. The van der Waals surface area contributed by atoms with E-state index in [-0.39, 0.29) is 4.90 Å². The molecule has 0 aliphatic rings. The van der Waals surface area contributed by atoms with Crippen LogP contribution in [0.15, 0.2) is 47.4 Å². The topological polar surface area (TPSA) is 55.8 Å². The highest BCUT2D eigenvalue weighted by molar-refractivity contribution is 7.89. The molecule has 0 aliphatic carbocycles. The van der Waals surface area contributed by atoms with Crippen LogP contribution in [0.2, 0.25) is 0 Å². The van der Waals surface area contributed by atoms with Crippen LogP contribution in [-0.4, -0.2) is 40.5 Å². The van der Waals surface area contributed by atoms with Crippen LogP contribution >= 0.6 is 0 Å². The summed E-state index contributed by atoms with van der Waals surface area (Å²) in [5.74, 6) is 1.44. The molecule has 0 N–H and O–H groups in total. The summed E-state index contributed by atoms with van der Waals surface area (Å²) in [6.45, 7) is 2.19. The Morgan fingerprint density at radius 2 is 1.67 bits per heavy atom. The van der Waals surface area contributed by atoms with E-state index in [1.807, 2.05) is 31.2 Å². The largest absolute Gasteiger partial charge is 0.496 e. The molecule has 6 heteroatoms. The van der Waals surface area contributed by atoms with Gasteiger partial charge in [-0.2, -0.15) is 0 Å². The van der Waals surface area contributed by atoms with Crippen LogP contribution < -0.4 is 9.47 Å². The monoisotopic (exact) mass is 349 g/mol. The van der Waals surface area contributed by atoms with Gasteiger partial charge in [-0.15, -0.1) is 0 Å². The summed E-state index contributed by atoms with van der Waals surface area (Å²) in [5, 5.41) is 0. The first-order valence-electron chi connectivity index (χ1n) is 7.63. The molecule has 0 heterocycles. The molecular formula is C18H23NO4S. The van der Waals surface area contributed by atoms with E-state index in [2.05, 4.69) is 0 Å². The molecule has 0 radical (unpaired) electrons. The highest BCUT2D eigenvalue weighted by atomic mass is 32.2. The maximum atomic E-state index is 12.7. The van der Waals surface area contributed by atoms with Gasteiger partial charge in [0, 0.05) is 13.6 Å². The smallest absolute Gasteiger partial charge is 0.242 e. The summed E-state index contributed by atoms with van der Waals surface area (Å²) in [6, 6.07) is 12.5. The van der Waals surface area contributed by atoms with Crippen LogP contribution in [0.1, 0.15) is 11.1 Å². The first-order chi connectivity index (χ1) is 11.4. The molecule has 2 rings (SSSR count). The van der Waals surface area contributed by atoms with Crippen LogP contribution in [0, 0.1) is 6.92 Å². The summed E-state index contributed by atoms with van der Waals surface area (Å²) >= 11 is 0. The first kappa shape index (κ1) is 18.3. The van der Waals surface area contributed by atoms with Gasteiger partial charge in [-0.3, -0.25) is 0 Å². The van der Waals surface area contributed by atoms with Crippen molar-refractivity contribution < 1.29 is 17.9 Å². The fourth-order valence-corrected chi connectivity index (χ4v) is 3.76. The van der Waals surface area contributed by atoms with Gasteiger partial charge in [-0.1, -0.05) is 18.2 Å². The number of aryl methyl sites for hydroxylation is 1. The number of rotatable bonds is 7. The van der Waals surface area contributed by atoms with E-state index < -0.39 is 10.0 Å². The Balaban J connectivity index is 2.16. The third kappa shape index (κ3) is 3.88. The zero-order valence-corrected chi connectivity index (χ0v) is 15.3. The standard InChI is InChI=1S/C18H23NO4S/c1-14-13-16(9-10-17(14)22-3)24(20,21)19(2)12-11-15-7-5-6-8-18(15)23-4/h5-10,13H,11-12H2,1-4H3. The van der Waals surface area contributed by atoms with Gasteiger partial charge < -0.3 is 9.47 Å². The van der Waals surface area contributed by atoms with E-state index in [1.54, 1.807) is 39.5 Å². The maximum absolute atomic E-state index is 12.7. The number of sulfonamides is 1. The Morgan fingerprint density at radius 3 is 2.29 bits per heavy atom. The van der Waals surface area contributed by atoms with Crippen LogP contribution in [0.4, 0.5) is 0 Å². The highest BCUT2D eigenvalue weighted by Gasteiger charge is 2.21. The normalized spacial score (nSPS) is 11.5. The molecule has 0 spiro atoms. The molecule has 2 aromatic rings. The van der Waals surface area contributed by atoms with Crippen molar-refractivity contribution in [2.45, 2.75) is 18.2 Å².